The van der Waals surface area contributed by atoms with Crippen molar-refractivity contribution in [3.05, 3.63) is 59.7 Å². The average Bonchev–Trinajstić information content (AvgIpc) is 3.22. The van der Waals surface area contributed by atoms with Crippen LogP contribution in [0.25, 0.3) is 0 Å². The first-order chi connectivity index (χ1) is 13.1. The highest BCUT2D eigenvalue weighted by Gasteiger charge is 2.30. The van der Waals surface area contributed by atoms with Gasteiger partial charge >= 0.3 is 0 Å². The van der Waals surface area contributed by atoms with Crippen molar-refractivity contribution in [1.82, 2.24) is 10.2 Å². The number of fused-ring (bicyclic) bond motifs is 1. The van der Waals surface area contributed by atoms with Crippen molar-refractivity contribution in [2.75, 3.05) is 16.0 Å². The van der Waals surface area contributed by atoms with E-state index in [0.717, 1.165) is 27.3 Å². The number of amides is 1. The Morgan fingerprint density at radius 2 is 2.11 bits per heavy atom. The van der Waals surface area contributed by atoms with Crippen molar-refractivity contribution in [1.29, 1.82) is 0 Å². The molecule has 138 valence electrons. The van der Waals surface area contributed by atoms with Crippen LogP contribution >= 0.6 is 23.1 Å². The van der Waals surface area contributed by atoms with Gasteiger partial charge in [-0.1, -0.05) is 53.4 Å². The maximum Gasteiger partial charge on any atom is 0.237 e. The normalized spacial score (nSPS) is 15.6. The molecule has 5 nitrogen and oxygen atoms in total. The molecule has 2 aromatic carbocycles. The van der Waals surface area contributed by atoms with E-state index >= 15 is 0 Å². The molecule has 4 rings (SSSR count). The summed E-state index contributed by atoms with van der Waals surface area (Å²) in [6.07, 6.45) is 0.913. The van der Waals surface area contributed by atoms with E-state index in [1.165, 1.54) is 34.2 Å². The number of nitrogens with zero attached hydrogens (tertiary/aromatic N) is 3. The number of anilines is 3. The van der Waals surface area contributed by atoms with E-state index < -0.39 is 0 Å². The first-order valence-corrected chi connectivity index (χ1v) is 10.6. The van der Waals surface area contributed by atoms with Crippen molar-refractivity contribution in [2.24, 2.45) is 0 Å². The smallest absolute Gasteiger partial charge is 0.237 e. The van der Waals surface area contributed by atoms with Crippen LogP contribution in [0, 0.1) is 6.92 Å². The van der Waals surface area contributed by atoms with E-state index in [4.69, 9.17) is 0 Å². The summed E-state index contributed by atoms with van der Waals surface area (Å²) in [4.78, 5) is 14.7. The Hall–Kier alpha value is -2.38. The Bertz CT molecular complexity index is 972. The van der Waals surface area contributed by atoms with Gasteiger partial charge in [0.25, 0.3) is 0 Å². The van der Waals surface area contributed by atoms with Crippen LogP contribution < -0.4 is 10.2 Å². The minimum absolute atomic E-state index is 0.112. The second kappa shape index (κ2) is 7.70. The molecule has 27 heavy (non-hydrogen) atoms. The van der Waals surface area contributed by atoms with Gasteiger partial charge in [0, 0.05) is 17.4 Å². The third-order valence-electron chi connectivity index (χ3n) is 4.47. The molecular formula is C20H20N4OS2. The maximum absolute atomic E-state index is 12.8. The number of nitrogens with one attached hydrogen (secondary N) is 1. The molecule has 0 spiro atoms. The number of aryl methyl sites for hydroxylation is 1. The predicted molar refractivity (Wildman–Crippen MR) is 112 cm³/mol. The van der Waals surface area contributed by atoms with Crippen molar-refractivity contribution >= 4 is 45.5 Å². The first kappa shape index (κ1) is 18.0. The number of carbonyl (C=O) groups excluding carboxylic acids is 1. The third-order valence-corrected chi connectivity index (χ3v) is 6.43. The molecular weight excluding hydrogens is 376 g/mol. The lowest BCUT2D eigenvalue weighted by molar-refractivity contribution is -0.116. The number of thioether (sulfide) groups is 1. The second-order valence-electron chi connectivity index (χ2n) is 6.60. The Labute approximate surface area is 166 Å². The van der Waals surface area contributed by atoms with Crippen LogP contribution in [0.1, 0.15) is 18.1 Å². The highest BCUT2D eigenvalue weighted by atomic mass is 32.2. The molecule has 1 aromatic heterocycles. The van der Waals surface area contributed by atoms with E-state index in [1.807, 2.05) is 35.2 Å². The molecule has 0 radical (unpaired) electrons. The number of aromatic nitrogens is 2. The molecule has 0 bridgehead atoms. The predicted octanol–water partition coefficient (Wildman–Crippen LogP) is 4.66. The zero-order chi connectivity index (χ0) is 18.8. The van der Waals surface area contributed by atoms with Crippen molar-refractivity contribution in [3.8, 4) is 0 Å². The van der Waals surface area contributed by atoms with Crippen LogP contribution in [0.4, 0.5) is 16.5 Å². The van der Waals surface area contributed by atoms with Crippen LogP contribution in [-0.4, -0.2) is 27.9 Å². The lowest BCUT2D eigenvalue weighted by Gasteiger charge is -2.22. The Kier molecular flexibility index (Phi) is 5.13. The fourth-order valence-electron chi connectivity index (χ4n) is 3.30. The Morgan fingerprint density at radius 1 is 1.26 bits per heavy atom. The molecule has 0 fully saturated rings. The highest BCUT2D eigenvalue weighted by Crippen LogP contribution is 2.33. The van der Waals surface area contributed by atoms with Gasteiger partial charge in [0.1, 0.15) is 0 Å². The fraction of sp³-hybridized carbons (Fsp3) is 0.250. The fourth-order valence-corrected chi connectivity index (χ4v) is 4.93. The van der Waals surface area contributed by atoms with Gasteiger partial charge in [0.15, 0.2) is 4.34 Å². The molecule has 1 amide bonds. The monoisotopic (exact) mass is 396 g/mol. The summed E-state index contributed by atoms with van der Waals surface area (Å²) in [7, 11) is 0. The van der Waals surface area contributed by atoms with Crippen molar-refractivity contribution in [3.63, 3.8) is 0 Å². The van der Waals surface area contributed by atoms with Gasteiger partial charge in [-0.3, -0.25) is 4.79 Å². The van der Waals surface area contributed by atoms with E-state index in [1.54, 1.807) is 0 Å². The topological polar surface area (TPSA) is 58.1 Å². The minimum atomic E-state index is 0.112. The molecule has 1 unspecified atom stereocenters. The third kappa shape index (κ3) is 3.99. The molecule has 1 atom stereocenters. The highest BCUT2D eigenvalue weighted by molar-refractivity contribution is 8.01. The van der Waals surface area contributed by atoms with Crippen molar-refractivity contribution in [2.45, 2.75) is 30.6 Å². The number of benzene rings is 2. The van der Waals surface area contributed by atoms with E-state index in [9.17, 15) is 4.79 Å². The summed E-state index contributed by atoms with van der Waals surface area (Å²) in [6.45, 7) is 4.15. The molecule has 1 aliphatic heterocycles. The van der Waals surface area contributed by atoms with Gasteiger partial charge in [0.2, 0.25) is 11.0 Å². The number of para-hydroxylation sites is 1. The number of carbonyl (C=O) groups is 1. The van der Waals surface area contributed by atoms with Gasteiger partial charge in [-0.05, 0) is 49.6 Å². The summed E-state index contributed by atoms with van der Waals surface area (Å²) in [5, 5.41) is 12.4. The average molecular weight is 397 g/mol. The molecule has 0 aliphatic carbocycles. The van der Waals surface area contributed by atoms with Crippen LogP contribution in [0.3, 0.4) is 0 Å². The largest absolute Gasteiger partial charge is 0.330 e. The number of hydrogen-bond acceptors (Lipinski definition) is 6. The van der Waals surface area contributed by atoms with E-state index in [0.29, 0.717) is 5.75 Å². The minimum Gasteiger partial charge on any atom is -0.330 e. The molecule has 1 N–H and O–H groups in total. The molecule has 3 aromatic rings. The lowest BCUT2D eigenvalue weighted by atomic mass is 10.1. The standard InChI is InChI=1S/C20H20N4OS2/c1-13-6-5-8-16(10-13)21-19-22-23-20(27-19)26-12-18(25)24-14(2)11-15-7-3-4-9-17(15)24/h3-10,14H,11-12H2,1-2H3,(H,21,22). The van der Waals surface area contributed by atoms with Gasteiger partial charge in [-0.25, -0.2) is 0 Å². The zero-order valence-electron chi connectivity index (χ0n) is 15.2. The first-order valence-electron chi connectivity index (χ1n) is 8.80. The summed E-state index contributed by atoms with van der Waals surface area (Å²) in [5.41, 5.74) is 4.45. The maximum atomic E-state index is 12.8. The molecule has 1 aliphatic rings. The number of rotatable bonds is 5. The van der Waals surface area contributed by atoms with Gasteiger partial charge in [-0.2, -0.15) is 0 Å². The molecule has 7 heteroatoms. The molecule has 2 heterocycles. The quantitative estimate of drug-likeness (QED) is 0.636. The van der Waals surface area contributed by atoms with E-state index in [2.05, 4.69) is 47.6 Å². The van der Waals surface area contributed by atoms with Crippen LogP contribution in [0.15, 0.2) is 52.9 Å². The lowest BCUT2D eigenvalue weighted by Crippen LogP contribution is -2.36. The summed E-state index contributed by atoms with van der Waals surface area (Å²) < 4.78 is 0.790. The van der Waals surface area contributed by atoms with Gasteiger partial charge in [-0.15, -0.1) is 10.2 Å². The summed E-state index contributed by atoms with van der Waals surface area (Å²) in [5.74, 6) is 0.471. The van der Waals surface area contributed by atoms with Crippen LogP contribution in [0.5, 0.6) is 0 Å². The van der Waals surface area contributed by atoms with Gasteiger partial charge in [0.05, 0.1) is 5.75 Å². The van der Waals surface area contributed by atoms with Crippen molar-refractivity contribution < 1.29 is 4.79 Å². The van der Waals surface area contributed by atoms with Crippen LogP contribution in [-0.2, 0) is 11.2 Å². The Balaban J connectivity index is 1.38. The van der Waals surface area contributed by atoms with E-state index in [-0.39, 0.29) is 11.9 Å². The molecule has 0 saturated heterocycles. The second-order valence-corrected chi connectivity index (χ2v) is 8.80. The SMILES string of the molecule is Cc1cccc(Nc2nnc(SCC(=O)N3c4ccccc4CC3C)s2)c1. The van der Waals surface area contributed by atoms with Gasteiger partial charge < -0.3 is 10.2 Å². The molecule has 0 saturated carbocycles. The Morgan fingerprint density at radius 3 is 2.96 bits per heavy atom. The summed E-state index contributed by atoms with van der Waals surface area (Å²) >= 11 is 2.90. The van der Waals surface area contributed by atoms with Crippen LogP contribution in [0.2, 0.25) is 0 Å². The summed E-state index contributed by atoms with van der Waals surface area (Å²) in [6, 6.07) is 16.4. The zero-order valence-corrected chi connectivity index (χ0v) is 16.8. The number of hydrogen-bond donors (Lipinski definition) is 1.